The van der Waals surface area contributed by atoms with Crippen molar-refractivity contribution in [3.8, 4) is 5.69 Å². The van der Waals surface area contributed by atoms with Gasteiger partial charge in [-0.05, 0) is 75.4 Å². The molecule has 3 rings (SSSR count). The highest BCUT2D eigenvalue weighted by molar-refractivity contribution is 9.11. The summed E-state index contributed by atoms with van der Waals surface area (Å²) in [6.07, 6.45) is 4.61. The van der Waals surface area contributed by atoms with E-state index < -0.39 is 0 Å². The Morgan fingerprint density at radius 1 is 1.32 bits per heavy atom. The molecule has 19 heavy (non-hydrogen) atoms. The van der Waals surface area contributed by atoms with E-state index in [9.17, 15) is 0 Å². The Hall–Kier alpha value is -0.650. The van der Waals surface area contributed by atoms with E-state index >= 15 is 0 Å². The smallest absolute Gasteiger partial charge is 0.0929 e. The van der Waals surface area contributed by atoms with Crippen molar-refractivity contribution in [2.24, 2.45) is 0 Å². The molecule has 1 heterocycles. The fourth-order valence-electron chi connectivity index (χ4n) is 2.03. The van der Waals surface area contributed by atoms with Gasteiger partial charge in [-0.1, -0.05) is 0 Å². The molecule has 100 valence electrons. The Morgan fingerprint density at radius 3 is 2.63 bits per heavy atom. The predicted molar refractivity (Wildman–Crippen MR) is 83.6 cm³/mol. The van der Waals surface area contributed by atoms with Crippen molar-refractivity contribution in [1.29, 1.82) is 0 Å². The fraction of sp³-hybridized carbons (Fsp3) is 0.357. The van der Waals surface area contributed by atoms with E-state index in [0.29, 0.717) is 6.04 Å². The van der Waals surface area contributed by atoms with Gasteiger partial charge in [-0.15, -0.1) is 0 Å². The Morgan fingerprint density at radius 2 is 2.00 bits per heavy atom. The standard InChI is InChI=1S/C14H15Br2N3/c1-9-6-12(15)14(13(16)7-9)19-5-4-11(18-19)8-17-10-2-3-10/h4-7,10,17H,2-3,8H2,1H3. The molecule has 0 unspecified atom stereocenters. The van der Waals surface area contributed by atoms with Gasteiger partial charge < -0.3 is 5.32 Å². The van der Waals surface area contributed by atoms with Gasteiger partial charge in [0.15, 0.2) is 0 Å². The van der Waals surface area contributed by atoms with E-state index in [4.69, 9.17) is 0 Å². The Kier molecular flexibility index (Phi) is 3.78. The average Bonchev–Trinajstić information content (AvgIpc) is 3.05. The lowest BCUT2D eigenvalue weighted by atomic mass is 10.2. The fourth-order valence-corrected chi connectivity index (χ4v) is 3.81. The molecule has 1 saturated carbocycles. The average molecular weight is 385 g/mol. The third kappa shape index (κ3) is 3.09. The molecular weight excluding hydrogens is 370 g/mol. The van der Waals surface area contributed by atoms with Crippen LogP contribution in [0.25, 0.3) is 5.69 Å². The maximum atomic E-state index is 4.63. The lowest BCUT2D eigenvalue weighted by molar-refractivity contribution is 0.664. The molecule has 0 radical (unpaired) electrons. The molecule has 1 fully saturated rings. The molecule has 0 atom stereocenters. The molecule has 1 aromatic carbocycles. The zero-order valence-electron chi connectivity index (χ0n) is 10.7. The summed E-state index contributed by atoms with van der Waals surface area (Å²) >= 11 is 7.22. The van der Waals surface area contributed by atoms with Crippen LogP contribution in [-0.4, -0.2) is 15.8 Å². The molecule has 1 aliphatic rings. The van der Waals surface area contributed by atoms with E-state index in [0.717, 1.165) is 26.9 Å². The molecule has 3 nitrogen and oxygen atoms in total. The van der Waals surface area contributed by atoms with Gasteiger partial charge >= 0.3 is 0 Å². The minimum Gasteiger partial charge on any atom is -0.308 e. The maximum absolute atomic E-state index is 4.63. The summed E-state index contributed by atoms with van der Waals surface area (Å²) in [7, 11) is 0. The van der Waals surface area contributed by atoms with Crippen LogP contribution in [0, 0.1) is 6.92 Å². The van der Waals surface area contributed by atoms with Crippen LogP contribution in [-0.2, 0) is 6.54 Å². The van der Waals surface area contributed by atoms with Gasteiger partial charge in [0.25, 0.3) is 0 Å². The van der Waals surface area contributed by atoms with E-state index in [-0.39, 0.29) is 0 Å². The zero-order valence-corrected chi connectivity index (χ0v) is 13.8. The number of nitrogens with one attached hydrogen (secondary N) is 1. The van der Waals surface area contributed by atoms with Crippen LogP contribution in [0.1, 0.15) is 24.1 Å². The van der Waals surface area contributed by atoms with E-state index in [1.165, 1.54) is 18.4 Å². The highest BCUT2D eigenvalue weighted by Gasteiger charge is 2.20. The van der Waals surface area contributed by atoms with E-state index in [2.05, 4.69) is 67.4 Å². The SMILES string of the molecule is Cc1cc(Br)c(-n2ccc(CNC3CC3)n2)c(Br)c1. The first-order valence-corrected chi connectivity index (χ1v) is 7.96. The number of benzene rings is 1. The second-order valence-electron chi connectivity index (χ2n) is 4.98. The number of aromatic nitrogens is 2. The second-order valence-corrected chi connectivity index (χ2v) is 6.69. The number of hydrogen-bond donors (Lipinski definition) is 1. The summed E-state index contributed by atoms with van der Waals surface area (Å²) < 4.78 is 4.01. The third-order valence-electron chi connectivity index (χ3n) is 3.18. The minimum atomic E-state index is 0.711. The van der Waals surface area contributed by atoms with Gasteiger partial charge in [-0.2, -0.15) is 5.10 Å². The third-order valence-corrected chi connectivity index (χ3v) is 4.39. The van der Waals surface area contributed by atoms with Crippen molar-refractivity contribution >= 4 is 31.9 Å². The Balaban J connectivity index is 1.85. The van der Waals surface area contributed by atoms with Crippen LogP contribution in [0.4, 0.5) is 0 Å². The number of hydrogen-bond acceptors (Lipinski definition) is 2. The highest BCUT2D eigenvalue weighted by atomic mass is 79.9. The van der Waals surface area contributed by atoms with Crippen molar-refractivity contribution in [2.45, 2.75) is 32.4 Å². The molecule has 1 aliphatic carbocycles. The van der Waals surface area contributed by atoms with E-state index in [1.807, 2.05) is 10.9 Å². The topological polar surface area (TPSA) is 29.9 Å². The first-order valence-electron chi connectivity index (χ1n) is 6.37. The zero-order chi connectivity index (χ0) is 13.4. The Labute approximate surface area is 129 Å². The molecule has 0 aliphatic heterocycles. The lowest BCUT2D eigenvalue weighted by Gasteiger charge is -2.09. The molecule has 0 amide bonds. The summed E-state index contributed by atoms with van der Waals surface area (Å²) in [5.74, 6) is 0. The molecule has 1 N–H and O–H groups in total. The quantitative estimate of drug-likeness (QED) is 0.864. The van der Waals surface area contributed by atoms with Crippen LogP contribution >= 0.6 is 31.9 Å². The molecule has 1 aromatic heterocycles. The number of rotatable bonds is 4. The van der Waals surface area contributed by atoms with Gasteiger partial charge in [0.05, 0.1) is 11.4 Å². The van der Waals surface area contributed by atoms with Gasteiger partial charge in [0.2, 0.25) is 0 Å². The monoisotopic (exact) mass is 383 g/mol. The largest absolute Gasteiger partial charge is 0.308 e. The minimum absolute atomic E-state index is 0.711. The molecule has 5 heteroatoms. The summed E-state index contributed by atoms with van der Waals surface area (Å²) in [5, 5.41) is 8.10. The summed E-state index contributed by atoms with van der Waals surface area (Å²) in [6.45, 7) is 2.92. The number of halogens is 2. The van der Waals surface area contributed by atoms with Gasteiger partial charge in [-0.3, -0.25) is 0 Å². The molecule has 2 aromatic rings. The molecular formula is C14H15Br2N3. The first-order chi connectivity index (χ1) is 9.13. The number of aryl methyl sites for hydroxylation is 1. The van der Waals surface area contributed by atoms with Crippen LogP contribution in [0.3, 0.4) is 0 Å². The van der Waals surface area contributed by atoms with Gasteiger partial charge in [0.1, 0.15) is 0 Å². The molecule has 0 spiro atoms. The van der Waals surface area contributed by atoms with Crippen molar-refractivity contribution in [2.75, 3.05) is 0 Å². The maximum Gasteiger partial charge on any atom is 0.0929 e. The summed E-state index contributed by atoms with van der Waals surface area (Å²) in [4.78, 5) is 0. The summed E-state index contributed by atoms with van der Waals surface area (Å²) in [5.41, 5.74) is 3.33. The van der Waals surface area contributed by atoms with Crippen LogP contribution in [0.15, 0.2) is 33.3 Å². The van der Waals surface area contributed by atoms with Crippen LogP contribution in [0.2, 0.25) is 0 Å². The second kappa shape index (κ2) is 5.38. The highest BCUT2D eigenvalue weighted by Crippen LogP contribution is 2.30. The first kappa shape index (κ1) is 13.3. The lowest BCUT2D eigenvalue weighted by Crippen LogP contribution is -2.15. The molecule has 0 bridgehead atoms. The van der Waals surface area contributed by atoms with Crippen molar-refractivity contribution in [3.05, 3.63) is 44.6 Å². The van der Waals surface area contributed by atoms with Crippen molar-refractivity contribution < 1.29 is 0 Å². The normalized spacial score (nSPS) is 14.9. The van der Waals surface area contributed by atoms with Crippen molar-refractivity contribution in [3.63, 3.8) is 0 Å². The van der Waals surface area contributed by atoms with E-state index in [1.54, 1.807) is 0 Å². The van der Waals surface area contributed by atoms with Crippen molar-refractivity contribution in [1.82, 2.24) is 15.1 Å². The van der Waals surface area contributed by atoms with Gasteiger partial charge in [-0.25, -0.2) is 4.68 Å². The predicted octanol–water partition coefficient (Wildman–Crippen LogP) is 3.96. The number of nitrogens with zero attached hydrogens (tertiary/aromatic N) is 2. The Bertz CT molecular complexity index is 579. The molecule has 0 saturated heterocycles. The summed E-state index contributed by atoms with van der Waals surface area (Å²) in [6, 6.07) is 6.98. The van der Waals surface area contributed by atoms with Crippen LogP contribution < -0.4 is 5.32 Å². The van der Waals surface area contributed by atoms with Crippen LogP contribution in [0.5, 0.6) is 0 Å². The van der Waals surface area contributed by atoms with Gasteiger partial charge in [0, 0.05) is 27.7 Å².